The molecule has 0 aliphatic carbocycles. The fraction of sp³-hybridized carbons (Fsp3) is 0.167. The van der Waals surface area contributed by atoms with Crippen molar-refractivity contribution in [1.82, 2.24) is 5.32 Å². The second kappa shape index (κ2) is 8.24. The van der Waals surface area contributed by atoms with Crippen molar-refractivity contribution in [2.75, 3.05) is 6.61 Å². The highest BCUT2D eigenvalue weighted by molar-refractivity contribution is 7.12. The summed E-state index contributed by atoms with van der Waals surface area (Å²) in [6.07, 6.45) is -0.637. The molecule has 0 radical (unpaired) electrons. The third-order valence-electron chi connectivity index (χ3n) is 3.45. The lowest BCUT2D eigenvalue weighted by atomic mass is 10.2. The number of thiophene rings is 2. The fourth-order valence-corrected chi connectivity index (χ4v) is 3.79. The van der Waals surface area contributed by atoms with Crippen molar-refractivity contribution in [2.24, 2.45) is 0 Å². The van der Waals surface area contributed by atoms with Crippen LogP contribution in [0.25, 0.3) is 0 Å². The molecule has 0 bridgehead atoms. The summed E-state index contributed by atoms with van der Waals surface area (Å²) in [7, 11) is 0. The van der Waals surface area contributed by atoms with E-state index < -0.39 is 6.10 Å². The van der Waals surface area contributed by atoms with Gasteiger partial charge in [0.25, 0.3) is 5.91 Å². The van der Waals surface area contributed by atoms with Crippen LogP contribution < -0.4 is 10.1 Å². The van der Waals surface area contributed by atoms with E-state index in [0.29, 0.717) is 12.3 Å². The molecule has 0 fully saturated rings. The van der Waals surface area contributed by atoms with Crippen molar-refractivity contribution in [2.45, 2.75) is 12.6 Å². The van der Waals surface area contributed by atoms with Crippen LogP contribution >= 0.6 is 22.7 Å². The van der Waals surface area contributed by atoms with Crippen molar-refractivity contribution < 1.29 is 19.0 Å². The van der Waals surface area contributed by atoms with E-state index in [-0.39, 0.29) is 18.3 Å². The standard InChI is InChI=1S/C18H16FNO3S2/c19-13-1-3-14(4-2-13)23-10-17(21)20-9-15-5-6-16(25-15)18(22)12-7-8-24-11-12/h1-8,11,18,22H,9-10H2,(H,20,21)/t18-/m1/s1. The van der Waals surface area contributed by atoms with Crippen LogP contribution in [0.2, 0.25) is 0 Å². The molecule has 2 heterocycles. The Kier molecular flexibility index (Phi) is 5.80. The predicted molar refractivity (Wildman–Crippen MR) is 96.4 cm³/mol. The van der Waals surface area contributed by atoms with E-state index in [4.69, 9.17) is 4.74 Å². The molecule has 4 nitrogen and oxygen atoms in total. The van der Waals surface area contributed by atoms with Crippen LogP contribution in [0.1, 0.15) is 21.4 Å². The lowest BCUT2D eigenvalue weighted by Crippen LogP contribution is -2.28. The van der Waals surface area contributed by atoms with Gasteiger partial charge in [-0.1, -0.05) is 0 Å². The van der Waals surface area contributed by atoms with Crippen LogP contribution in [-0.2, 0) is 11.3 Å². The number of carbonyl (C=O) groups is 1. The smallest absolute Gasteiger partial charge is 0.258 e. The van der Waals surface area contributed by atoms with Crippen LogP contribution in [0.4, 0.5) is 4.39 Å². The molecule has 2 N–H and O–H groups in total. The first-order chi connectivity index (χ1) is 12.1. The lowest BCUT2D eigenvalue weighted by Gasteiger charge is -2.07. The second-order valence-corrected chi connectivity index (χ2v) is 7.26. The van der Waals surface area contributed by atoms with Crippen molar-refractivity contribution in [3.8, 4) is 5.75 Å². The van der Waals surface area contributed by atoms with E-state index in [0.717, 1.165) is 15.3 Å². The highest BCUT2D eigenvalue weighted by Crippen LogP contribution is 2.29. The Morgan fingerprint density at radius 1 is 1.20 bits per heavy atom. The van der Waals surface area contributed by atoms with Crippen molar-refractivity contribution in [3.63, 3.8) is 0 Å². The Bertz CT molecular complexity index is 815. The first-order valence-corrected chi connectivity index (χ1v) is 9.31. The quantitative estimate of drug-likeness (QED) is 0.660. The minimum absolute atomic E-state index is 0.138. The highest BCUT2D eigenvalue weighted by Gasteiger charge is 2.13. The molecule has 7 heteroatoms. The number of amides is 1. The Hall–Kier alpha value is -2.22. The molecule has 3 rings (SSSR count). The Balaban J connectivity index is 1.47. The van der Waals surface area contributed by atoms with Gasteiger partial charge in [0, 0.05) is 9.75 Å². The summed E-state index contributed by atoms with van der Waals surface area (Å²) < 4.78 is 18.1. The van der Waals surface area contributed by atoms with E-state index in [1.54, 1.807) is 11.3 Å². The second-order valence-electron chi connectivity index (χ2n) is 5.28. The maximum atomic E-state index is 12.8. The van der Waals surface area contributed by atoms with Gasteiger partial charge in [-0.05, 0) is 58.8 Å². The number of rotatable bonds is 7. The largest absolute Gasteiger partial charge is 0.484 e. The van der Waals surface area contributed by atoms with Gasteiger partial charge >= 0.3 is 0 Å². The summed E-state index contributed by atoms with van der Waals surface area (Å²) in [5.74, 6) is -0.179. The Labute approximate surface area is 152 Å². The SMILES string of the molecule is O=C(COc1ccc(F)cc1)NCc1ccc([C@H](O)c2ccsc2)s1. The van der Waals surface area contributed by atoms with Gasteiger partial charge in [-0.3, -0.25) is 4.79 Å². The van der Waals surface area contributed by atoms with Crippen molar-refractivity contribution in [3.05, 3.63) is 74.4 Å². The van der Waals surface area contributed by atoms with E-state index in [9.17, 15) is 14.3 Å². The molecule has 1 atom stereocenters. The van der Waals surface area contributed by atoms with Gasteiger partial charge in [0.05, 0.1) is 6.54 Å². The molecule has 0 aliphatic heterocycles. The first kappa shape index (κ1) is 17.6. The Morgan fingerprint density at radius 2 is 2.00 bits per heavy atom. The van der Waals surface area contributed by atoms with E-state index >= 15 is 0 Å². The zero-order valence-corrected chi connectivity index (χ0v) is 14.8. The van der Waals surface area contributed by atoms with E-state index in [1.807, 2.05) is 29.0 Å². The van der Waals surface area contributed by atoms with Gasteiger partial charge in [-0.2, -0.15) is 11.3 Å². The van der Waals surface area contributed by atoms with Crippen LogP contribution in [0, 0.1) is 5.82 Å². The number of carbonyl (C=O) groups excluding carboxylic acids is 1. The monoisotopic (exact) mass is 377 g/mol. The summed E-state index contributed by atoms with van der Waals surface area (Å²) in [6, 6.07) is 11.1. The van der Waals surface area contributed by atoms with Crippen LogP contribution in [-0.4, -0.2) is 17.6 Å². The van der Waals surface area contributed by atoms with Crippen molar-refractivity contribution >= 4 is 28.6 Å². The topological polar surface area (TPSA) is 58.6 Å². The number of hydrogen-bond donors (Lipinski definition) is 2. The molecular formula is C18H16FNO3S2. The number of ether oxygens (including phenoxy) is 1. The summed E-state index contributed by atoms with van der Waals surface area (Å²) in [4.78, 5) is 13.6. The molecular weight excluding hydrogens is 361 g/mol. The molecule has 0 unspecified atom stereocenters. The minimum Gasteiger partial charge on any atom is -0.484 e. The molecule has 25 heavy (non-hydrogen) atoms. The van der Waals surface area contributed by atoms with Crippen LogP contribution in [0.5, 0.6) is 5.75 Å². The zero-order valence-electron chi connectivity index (χ0n) is 13.1. The maximum Gasteiger partial charge on any atom is 0.258 e. The third-order valence-corrected chi connectivity index (χ3v) is 5.29. The average molecular weight is 377 g/mol. The van der Waals surface area contributed by atoms with Crippen molar-refractivity contribution in [1.29, 1.82) is 0 Å². The maximum absolute atomic E-state index is 12.8. The van der Waals surface area contributed by atoms with E-state index in [2.05, 4.69) is 5.32 Å². The summed E-state index contributed by atoms with van der Waals surface area (Å²) in [5.41, 5.74) is 0.870. The fourth-order valence-electron chi connectivity index (χ4n) is 2.15. The molecule has 1 aromatic carbocycles. The zero-order chi connectivity index (χ0) is 17.6. The minimum atomic E-state index is -0.637. The predicted octanol–water partition coefficient (Wildman–Crippen LogP) is 3.73. The van der Waals surface area contributed by atoms with Gasteiger partial charge < -0.3 is 15.2 Å². The number of hydrogen-bond acceptors (Lipinski definition) is 5. The molecule has 3 aromatic rings. The molecule has 0 spiro atoms. The van der Waals surface area contributed by atoms with Crippen LogP contribution in [0.3, 0.4) is 0 Å². The molecule has 130 valence electrons. The number of aliphatic hydroxyl groups excluding tert-OH is 1. The Morgan fingerprint density at radius 3 is 2.72 bits per heavy atom. The lowest BCUT2D eigenvalue weighted by molar-refractivity contribution is -0.123. The summed E-state index contributed by atoms with van der Waals surface area (Å²) in [5, 5.41) is 16.9. The normalized spacial score (nSPS) is 11.9. The highest BCUT2D eigenvalue weighted by atomic mass is 32.1. The molecule has 0 saturated heterocycles. The molecule has 0 saturated carbocycles. The summed E-state index contributed by atoms with van der Waals surface area (Å²) >= 11 is 3.00. The number of nitrogens with one attached hydrogen (secondary N) is 1. The van der Waals surface area contributed by atoms with Gasteiger partial charge in [-0.25, -0.2) is 4.39 Å². The third kappa shape index (κ3) is 4.88. The molecule has 0 aliphatic rings. The molecule has 2 aromatic heterocycles. The van der Waals surface area contributed by atoms with E-state index in [1.165, 1.54) is 35.6 Å². The van der Waals surface area contributed by atoms with Gasteiger partial charge in [-0.15, -0.1) is 11.3 Å². The first-order valence-electron chi connectivity index (χ1n) is 7.55. The van der Waals surface area contributed by atoms with Crippen LogP contribution in [0.15, 0.2) is 53.2 Å². The average Bonchev–Trinajstić information content (AvgIpc) is 3.30. The molecule has 1 amide bonds. The number of benzene rings is 1. The number of halogens is 1. The summed E-state index contributed by atoms with van der Waals surface area (Å²) in [6.45, 7) is 0.230. The van der Waals surface area contributed by atoms with Gasteiger partial charge in [0.1, 0.15) is 17.7 Å². The van der Waals surface area contributed by atoms with Gasteiger partial charge in [0.15, 0.2) is 6.61 Å². The number of aliphatic hydroxyl groups is 1. The van der Waals surface area contributed by atoms with Gasteiger partial charge in [0.2, 0.25) is 0 Å².